The molecule has 0 heterocycles. The quantitative estimate of drug-likeness (QED) is 0.598. The number of nitrogens with two attached hydrogens (primary N) is 1. The fourth-order valence-corrected chi connectivity index (χ4v) is 1.58. The molecule has 0 radical (unpaired) electrons. The summed E-state index contributed by atoms with van der Waals surface area (Å²) >= 11 is 11.8. The monoisotopic (exact) mass is 253 g/mol. The maximum Gasteiger partial charge on any atom is 0.192 e. The molecule has 1 aromatic rings. The van der Waals surface area contributed by atoms with Gasteiger partial charge < -0.3 is 10.6 Å². The molecule has 6 heteroatoms. The second-order valence-corrected chi connectivity index (χ2v) is 3.33. The van der Waals surface area contributed by atoms with Crippen molar-refractivity contribution in [2.24, 2.45) is 5.73 Å². The molecule has 0 bridgehead atoms. The molecule has 0 aliphatic rings. The molecule has 1 aromatic carbocycles. The van der Waals surface area contributed by atoms with Crippen LogP contribution in [0.2, 0.25) is 10.0 Å². The maximum atomic E-state index is 7.22. The summed E-state index contributed by atoms with van der Waals surface area (Å²) in [7, 11) is 1.63. The molecule has 3 N–H and O–H groups in total. The van der Waals surface area contributed by atoms with E-state index in [9.17, 15) is 0 Å². The second kappa shape index (κ2) is 5.29. The van der Waals surface area contributed by atoms with Gasteiger partial charge in [0.15, 0.2) is 5.96 Å². The molecule has 1 rings (SSSR count). The molecule has 0 aromatic heterocycles. The summed E-state index contributed by atoms with van der Waals surface area (Å²) in [5.41, 5.74) is 5.85. The van der Waals surface area contributed by atoms with Gasteiger partial charge in [-0.15, -0.1) is 12.4 Å². The van der Waals surface area contributed by atoms with E-state index < -0.39 is 0 Å². The van der Waals surface area contributed by atoms with E-state index in [-0.39, 0.29) is 18.4 Å². The summed E-state index contributed by atoms with van der Waals surface area (Å²) in [4.78, 5) is 1.42. The first kappa shape index (κ1) is 13.4. The molecule has 0 aliphatic carbocycles. The first-order valence-corrected chi connectivity index (χ1v) is 4.31. The summed E-state index contributed by atoms with van der Waals surface area (Å²) in [5.74, 6) is -0.102. The van der Waals surface area contributed by atoms with Crippen molar-refractivity contribution in [3.8, 4) is 0 Å². The minimum atomic E-state index is -0.102. The molecule has 0 fully saturated rings. The van der Waals surface area contributed by atoms with E-state index in [4.69, 9.17) is 34.3 Å². The van der Waals surface area contributed by atoms with Crippen molar-refractivity contribution in [2.75, 3.05) is 11.9 Å². The molecule has 0 saturated carbocycles. The molecule has 0 amide bonds. The van der Waals surface area contributed by atoms with Crippen LogP contribution in [0.25, 0.3) is 0 Å². The van der Waals surface area contributed by atoms with Crippen molar-refractivity contribution in [3.63, 3.8) is 0 Å². The summed E-state index contributed by atoms with van der Waals surface area (Å²) in [6.45, 7) is 0. The van der Waals surface area contributed by atoms with E-state index in [1.54, 1.807) is 25.2 Å². The van der Waals surface area contributed by atoms with Crippen LogP contribution in [0, 0.1) is 5.41 Å². The lowest BCUT2D eigenvalue weighted by Crippen LogP contribution is -2.33. The smallest absolute Gasteiger partial charge is 0.192 e. The fourth-order valence-electron chi connectivity index (χ4n) is 0.930. The average molecular weight is 255 g/mol. The highest BCUT2D eigenvalue weighted by Gasteiger charge is 2.11. The van der Waals surface area contributed by atoms with Crippen LogP contribution in [0.3, 0.4) is 0 Å². The zero-order chi connectivity index (χ0) is 10.0. The van der Waals surface area contributed by atoms with E-state index in [1.165, 1.54) is 4.90 Å². The van der Waals surface area contributed by atoms with Gasteiger partial charge in [-0.3, -0.25) is 5.41 Å². The van der Waals surface area contributed by atoms with Gasteiger partial charge in [-0.2, -0.15) is 0 Å². The van der Waals surface area contributed by atoms with E-state index in [0.717, 1.165) is 0 Å². The average Bonchev–Trinajstić information content (AvgIpc) is 2.03. The lowest BCUT2D eigenvalue weighted by atomic mass is 10.3. The Morgan fingerprint density at radius 1 is 1.36 bits per heavy atom. The number of benzene rings is 1. The second-order valence-electron chi connectivity index (χ2n) is 2.51. The Labute approximate surface area is 98.7 Å². The predicted molar refractivity (Wildman–Crippen MR) is 64.0 cm³/mol. The summed E-state index contributed by atoms with van der Waals surface area (Å²) in [5, 5.41) is 8.17. The molecule has 0 unspecified atom stereocenters. The van der Waals surface area contributed by atoms with Gasteiger partial charge in [0.1, 0.15) is 0 Å². The van der Waals surface area contributed by atoms with E-state index in [0.29, 0.717) is 15.7 Å². The molecule has 3 nitrogen and oxygen atoms in total. The number of hydrogen-bond acceptors (Lipinski definition) is 1. The van der Waals surface area contributed by atoms with Crippen molar-refractivity contribution >= 4 is 47.3 Å². The molecule has 14 heavy (non-hydrogen) atoms. The Balaban J connectivity index is 0.00000169. The van der Waals surface area contributed by atoms with Crippen molar-refractivity contribution in [1.29, 1.82) is 5.41 Å². The van der Waals surface area contributed by atoms with Crippen LogP contribution in [0.4, 0.5) is 5.69 Å². The Hall–Kier alpha value is -0.640. The van der Waals surface area contributed by atoms with Crippen LogP contribution >= 0.6 is 35.6 Å². The molecule has 0 aliphatic heterocycles. The van der Waals surface area contributed by atoms with Crippen molar-refractivity contribution in [2.45, 2.75) is 0 Å². The molecular formula is C8H10Cl3N3. The minimum absolute atomic E-state index is 0. The largest absolute Gasteiger partial charge is 0.370 e. The Kier molecular flexibility index (Phi) is 5.05. The third-order valence-corrected chi connectivity index (χ3v) is 2.24. The van der Waals surface area contributed by atoms with Crippen molar-refractivity contribution in [1.82, 2.24) is 0 Å². The Morgan fingerprint density at radius 3 is 2.14 bits per heavy atom. The van der Waals surface area contributed by atoms with Crippen LogP contribution in [-0.4, -0.2) is 13.0 Å². The number of nitrogens with zero attached hydrogens (tertiary/aromatic N) is 1. The molecule has 78 valence electrons. The number of para-hydroxylation sites is 1. The summed E-state index contributed by atoms with van der Waals surface area (Å²) < 4.78 is 0. The third kappa shape index (κ3) is 2.67. The summed E-state index contributed by atoms with van der Waals surface area (Å²) in [6.07, 6.45) is 0. The van der Waals surface area contributed by atoms with Gasteiger partial charge in [-0.25, -0.2) is 0 Å². The van der Waals surface area contributed by atoms with Crippen LogP contribution in [0.1, 0.15) is 0 Å². The van der Waals surface area contributed by atoms with Crippen LogP contribution in [0.15, 0.2) is 18.2 Å². The number of rotatable bonds is 1. The van der Waals surface area contributed by atoms with Gasteiger partial charge in [-0.1, -0.05) is 29.3 Å². The van der Waals surface area contributed by atoms with Crippen molar-refractivity contribution < 1.29 is 0 Å². The van der Waals surface area contributed by atoms with Gasteiger partial charge in [0.2, 0.25) is 0 Å². The van der Waals surface area contributed by atoms with Gasteiger partial charge >= 0.3 is 0 Å². The lowest BCUT2D eigenvalue weighted by Gasteiger charge is -2.19. The van der Waals surface area contributed by atoms with E-state index >= 15 is 0 Å². The van der Waals surface area contributed by atoms with Gasteiger partial charge in [0.05, 0.1) is 15.7 Å². The Bertz CT molecular complexity index is 320. The molecular weight excluding hydrogens is 244 g/mol. The molecule has 0 spiro atoms. The highest BCUT2D eigenvalue weighted by molar-refractivity contribution is 6.39. The Morgan fingerprint density at radius 2 is 1.79 bits per heavy atom. The highest BCUT2D eigenvalue weighted by Crippen LogP contribution is 2.32. The first-order chi connectivity index (χ1) is 6.04. The zero-order valence-corrected chi connectivity index (χ0v) is 9.75. The number of nitrogens with one attached hydrogen (secondary N) is 1. The number of hydrogen-bond donors (Lipinski definition) is 2. The number of halogens is 3. The van der Waals surface area contributed by atoms with Crippen LogP contribution < -0.4 is 10.6 Å². The molecule has 0 atom stereocenters. The zero-order valence-electron chi connectivity index (χ0n) is 7.42. The molecule has 0 saturated heterocycles. The third-order valence-electron chi connectivity index (χ3n) is 1.63. The van der Waals surface area contributed by atoms with Gasteiger partial charge in [0.25, 0.3) is 0 Å². The highest BCUT2D eigenvalue weighted by atomic mass is 35.5. The van der Waals surface area contributed by atoms with Gasteiger partial charge in [-0.05, 0) is 12.1 Å². The number of guanidine groups is 1. The maximum absolute atomic E-state index is 7.22. The summed E-state index contributed by atoms with van der Waals surface area (Å²) in [6, 6.07) is 5.13. The van der Waals surface area contributed by atoms with Gasteiger partial charge in [0, 0.05) is 7.05 Å². The fraction of sp³-hybridized carbons (Fsp3) is 0.125. The standard InChI is InChI=1S/C8H9Cl2N3.ClH/c1-13(8(11)12)7-5(9)3-2-4-6(7)10;/h2-4H,1H3,(H3,11,12);1H. The van der Waals surface area contributed by atoms with E-state index in [1.807, 2.05) is 0 Å². The normalized spacial score (nSPS) is 9.07. The van der Waals surface area contributed by atoms with Crippen molar-refractivity contribution in [3.05, 3.63) is 28.2 Å². The predicted octanol–water partition coefficient (Wildman–Crippen LogP) is 2.74. The topological polar surface area (TPSA) is 53.1 Å². The first-order valence-electron chi connectivity index (χ1n) is 3.56. The minimum Gasteiger partial charge on any atom is -0.370 e. The van der Waals surface area contributed by atoms with Crippen LogP contribution in [0.5, 0.6) is 0 Å². The lowest BCUT2D eigenvalue weighted by molar-refractivity contribution is 1.20. The number of anilines is 1. The van der Waals surface area contributed by atoms with Crippen LogP contribution in [-0.2, 0) is 0 Å². The van der Waals surface area contributed by atoms with E-state index in [2.05, 4.69) is 0 Å². The SMILES string of the molecule is CN(C(=N)N)c1c(Cl)cccc1Cl.Cl.